The van der Waals surface area contributed by atoms with Gasteiger partial charge in [-0.05, 0) is 30.8 Å². The summed E-state index contributed by atoms with van der Waals surface area (Å²) < 4.78 is 0. The topological polar surface area (TPSA) is 78.4 Å². The molecule has 0 aromatic heterocycles. The normalized spacial score (nSPS) is 12.2. The Morgan fingerprint density at radius 3 is 2.42 bits per heavy atom. The Balaban J connectivity index is 3.77. The van der Waals surface area contributed by atoms with Crippen LogP contribution < -0.4 is 10.6 Å². The molecule has 0 fully saturated rings. The van der Waals surface area contributed by atoms with Crippen molar-refractivity contribution < 1.29 is 14.7 Å². The fourth-order valence-electron chi connectivity index (χ4n) is 1.58. The minimum absolute atomic E-state index is 0.391. The van der Waals surface area contributed by atoms with E-state index in [-0.39, 0.29) is 0 Å². The molecule has 0 heterocycles. The lowest BCUT2D eigenvalue weighted by Crippen LogP contribution is -2.46. The van der Waals surface area contributed by atoms with Crippen molar-refractivity contribution in [3.05, 3.63) is 0 Å². The number of nitrogens with one attached hydrogen (secondary N) is 2. The molecule has 5 nitrogen and oxygen atoms in total. The molecule has 0 saturated heterocycles. The molecular formula is C13H26N2O3S. The Morgan fingerprint density at radius 2 is 1.89 bits per heavy atom. The number of carbonyl (C=O) groups is 2. The Hall–Kier alpha value is -0.910. The maximum absolute atomic E-state index is 11.5. The van der Waals surface area contributed by atoms with Crippen LogP contribution in [-0.2, 0) is 4.79 Å². The van der Waals surface area contributed by atoms with Gasteiger partial charge in [0.05, 0.1) is 0 Å². The number of hydrogen-bond donors (Lipinski definition) is 3. The molecule has 2 amide bonds. The zero-order valence-corrected chi connectivity index (χ0v) is 12.9. The number of hydrogen-bond acceptors (Lipinski definition) is 3. The number of aliphatic carboxylic acids is 1. The van der Waals surface area contributed by atoms with Crippen molar-refractivity contribution in [1.29, 1.82) is 0 Å². The predicted molar refractivity (Wildman–Crippen MR) is 79.6 cm³/mol. The van der Waals surface area contributed by atoms with Crippen LogP contribution in [-0.4, -0.2) is 41.7 Å². The first-order valence-corrected chi connectivity index (χ1v) is 8.12. The molecule has 19 heavy (non-hydrogen) atoms. The molecule has 0 aliphatic heterocycles. The highest BCUT2D eigenvalue weighted by Crippen LogP contribution is 2.05. The molecule has 0 saturated carbocycles. The SMILES string of the molecule is CSCC[C@@H](NC(=O)NCCCCC(C)C)C(=O)O. The first kappa shape index (κ1) is 18.1. The second-order valence-corrected chi connectivity index (χ2v) is 5.95. The molecule has 1 atom stereocenters. The van der Waals surface area contributed by atoms with E-state index in [9.17, 15) is 9.59 Å². The average Bonchev–Trinajstić information content (AvgIpc) is 2.33. The number of carboxylic acids is 1. The summed E-state index contributed by atoms with van der Waals surface area (Å²) in [6.07, 6.45) is 5.50. The van der Waals surface area contributed by atoms with E-state index in [2.05, 4.69) is 24.5 Å². The molecule has 0 aromatic carbocycles. The van der Waals surface area contributed by atoms with Crippen LogP contribution in [0.25, 0.3) is 0 Å². The lowest BCUT2D eigenvalue weighted by atomic mass is 10.1. The largest absolute Gasteiger partial charge is 0.480 e. The van der Waals surface area contributed by atoms with Crippen molar-refractivity contribution in [2.75, 3.05) is 18.6 Å². The van der Waals surface area contributed by atoms with E-state index in [1.807, 2.05) is 6.26 Å². The first-order chi connectivity index (χ1) is 8.97. The zero-order valence-electron chi connectivity index (χ0n) is 12.1. The summed E-state index contributed by atoms with van der Waals surface area (Å²) in [6, 6.07) is -1.19. The summed E-state index contributed by atoms with van der Waals surface area (Å²) in [5, 5.41) is 14.2. The van der Waals surface area contributed by atoms with E-state index in [0.29, 0.717) is 24.6 Å². The van der Waals surface area contributed by atoms with Crippen molar-refractivity contribution in [1.82, 2.24) is 10.6 Å². The van der Waals surface area contributed by atoms with Crippen LogP contribution in [0.2, 0.25) is 0 Å². The second-order valence-electron chi connectivity index (χ2n) is 4.96. The lowest BCUT2D eigenvalue weighted by Gasteiger charge is -2.14. The summed E-state index contributed by atoms with van der Waals surface area (Å²) in [4.78, 5) is 22.5. The van der Waals surface area contributed by atoms with E-state index >= 15 is 0 Å². The zero-order chi connectivity index (χ0) is 14.7. The molecule has 0 aliphatic rings. The minimum atomic E-state index is -0.982. The molecule has 0 aromatic rings. The summed E-state index contributed by atoms with van der Waals surface area (Å²) in [5.74, 6) is 0.409. The summed E-state index contributed by atoms with van der Waals surface area (Å²) in [6.45, 7) is 4.93. The molecule has 0 aliphatic carbocycles. The van der Waals surface area contributed by atoms with E-state index in [0.717, 1.165) is 19.3 Å². The van der Waals surface area contributed by atoms with Crippen LogP contribution >= 0.6 is 11.8 Å². The van der Waals surface area contributed by atoms with Gasteiger partial charge in [0.25, 0.3) is 0 Å². The van der Waals surface area contributed by atoms with Crippen LogP contribution in [0.5, 0.6) is 0 Å². The lowest BCUT2D eigenvalue weighted by molar-refractivity contribution is -0.139. The van der Waals surface area contributed by atoms with Gasteiger partial charge in [-0.1, -0.05) is 26.7 Å². The number of carbonyl (C=O) groups excluding carboxylic acids is 1. The Labute approximate surface area is 119 Å². The number of thioether (sulfide) groups is 1. The highest BCUT2D eigenvalue weighted by molar-refractivity contribution is 7.98. The number of urea groups is 1. The van der Waals surface area contributed by atoms with Gasteiger partial charge in [-0.2, -0.15) is 11.8 Å². The molecule has 0 bridgehead atoms. The van der Waals surface area contributed by atoms with Crippen LogP contribution in [0.4, 0.5) is 4.79 Å². The van der Waals surface area contributed by atoms with Crippen LogP contribution in [0.1, 0.15) is 39.5 Å². The molecule has 3 N–H and O–H groups in total. The van der Waals surface area contributed by atoms with E-state index in [1.54, 1.807) is 11.8 Å². The van der Waals surface area contributed by atoms with Crippen molar-refractivity contribution >= 4 is 23.8 Å². The number of amides is 2. The second kappa shape index (κ2) is 11.0. The highest BCUT2D eigenvalue weighted by Gasteiger charge is 2.18. The van der Waals surface area contributed by atoms with Gasteiger partial charge in [0.15, 0.2) is 0 Å². The Bertz CT molecular complexity index is 273. The molecule has 112 valence electrons. The van der Waals surface area contributed by atoms with Gasteiger partial charge in [-0.15, -0.1) is 0 Å². The van der Waals surface area contributed by atoms with Gasteiger partial charge in [0.1, 0.15) is 6.04 Å². The van der Waals surface area contributed by atoms with Crippen molar-refractivity contribution in [3.8, 4) is 0 Å². The van der Waals surface area contributed by atoms with E-state index < -0.39 is 18.0 Å². The first-order valence-electron chi connectivity index (χ1n) is 6.73. The number of rotatable bonds is 10. The monoisotopic (exact) mass is 290 g/mol. The number of unbranched alkanes of at least 4 members (excludes halogenated alkanes) is 1. The van der Waals surface area contributed by atoms with Crippen molar-refractivity contribution in [2.24, 2.45) is 5.92 Å². The smallest absolute Gasteiger partial charge is 0.326 e. The third-order valence-corrected chi connectivity index (χ3v) is 3.35. The van der Waals surface area contributed by atoms with Crippen LogP contribution in [0, 0.1) is 5.92 Å². The number of carboxylic acid groups (broad SMARTS) is 1. The van der Waals surface area contributed by atoms with Crippen LogP contribution in [0.3, 0.4) is 0 Å². The van der Waals surface area contributed by atoms with Crippen LogP contribution in [0.15, 0.2) is 0 Å². The fraction of sp³-hybridized carbons (Fsp3) is 0.846. The third kappa shape index (κ3) is 10.7. The third-order valence-electron chi connectivity index (χ3n) is 2.71. The summed E-state index contributed by atoms with van der Waals surface area (Å²) in [7, 11) is 0. The summed E-state index contributed by atoms with van der Waals surface area (Å²) >= 11 is 1.57. The van der Waals surface area contributed by atoms with Gasteiger partial charge in [0.2, 0.25) is 0 Å². The minimum Gasteiger partial charge on any atom is -0.480 e. The average molecular weight is 290 g/mol. The molecule has 0 spiro atoms. The van der Waals surface area contributed by atoms with Gasteiger partial charge in [0, 0.05) is 6.54 Å². The molecule has 0 unspecified atom stereocenters. The molecule has 0 rings (SSSR count). The van der Waals surface area contributed by atoms with Gasteiger partial charge in [-0.3, -0.25) is 0 Å². The Kier molecular flexibility index (Phi) is 10.4. The maximum Gasteiger partial charge on any atom is 0.326 e. The maximum atomic E-state index is 11.5. The van der Waals surface area contributed by atoms with Gasteiger partial charge >= 0.3 is 12.0 Å². The molecule has 6 heteroatoms. The molecule has 0 radical (unpaired) electrons. The fourth-order valence-corrected chi connectivity index (χ4v) is 2.05. The standard InChI is InChI=1S/C13H26N2O3S/c1-10(2)6-4-5-8-14-13(18)15-11(12(16)17)7-9-19-3/h10-11H,4-9H2,1-3H3,(H,16,17)(H2,14,15,18)/t11-/m1/s1. The van der Waals surface area contributed by atoms with Gasteiger partial charge < -0.3 is 15.7 Å². The predicted octanol–water partition coefficient (Wildman–Crippen LogP) is 2.32. The van der Waals surface area contributed by atoms with E-state index in [4.69, 9.17) is 5.11 Å². The van der Waals surface area contributed by atoms with Crippen molar-refractivity contribution in [3.63, 3.8) is 0 Å². The van der Waals surface area contributed by atoms with Crippen molar-refractivity contribution in [2.45, 2.75) is 45.6 Å². The summed E-state index contributed by atoms with van der Waals surface area (Å²) in [5.41, 5.74) is 0. The quantitative estimate of drug-likeness (QED) is 0.540. The van der Waals surface area contributed by atoms with E-state index in [1.165, 1.54) is 0 Å². The molecular weight excluding hydrogens is 264 g/mol. The van der Waals surface area contributed by atoms with Gasteiger partial charge in [-0.25, -0.2) is 9.59 Å². The Morgan fingerprint density at radius 1 is 1.21 bits per heavy atom. The highest BCUT2D eigenvalue weighted by atomic mass is 32.2.